The van der Waals surface area contributed by atoms with E-state index in [0.717, 1.165) is 42.8 Å². The van der Waals surface area contributed by atoms with Crippen LogP contribution in [0, 0.1) is 6.92 Å². The smallest absolute Gasteiger partial charge is 0.216 e. The predicted octanol–water partition coefficient (Wildman–Crippen LogP) is 2.87. The molecule has 0 saturated carbocycles. The van der Waals surface area contributed by atoms with Crippen LogP contribution >= 0.6 is 0 Å². The molecule has 28 heavy (non-hydrogen) atoms. The molecule has 1 aliphatic rings. The largest absolute Gasteiger partial charge is 0.354 e. The van der Waals surface area contributed by atoms with Crippen molar-refractivity contribution >= 4 is 16.9 Å². The molecule has 1 atom stereocenters. The number of benzene rings is 1. The number of aromatic nitrogens is 3. The second kappa shape index (κ2) is 8.10. The summed E-state index contributed by atoms with van der Waals surface area (Å²) in [5.74, 6) is 0.394. The molecule has 2 aromatic heterocycles. The van der Waals surface area contributed by atoms with Crippen molar-refractivity contribution in [2.75, 3.05) is 19.6 Å². The molecule has 146 valence electrons. The molecule has 0 unspecified atom stereocenters. The van der Waals surface area contributed by atoms with Crippen molar-refractivity contribution in [3.05, 3.63) is 59.4 Å². The zero-order valence-corrected chi connectivity index (χ0v) is 16.6. The normalized spacial score (nSPS) is 17.3. The van der Waals surface area contributed by atoms with Crippen LogP contribution in [0.3, 0.4) is 0 Å². The van der Waals surface area contributed by atoms with Crippen LogP contribution in [-0.2, 0) is 17.9 Å². The van der Waals surface area contributed by atoms with Crippen molar-refractivity contribution in [3.8, 4) is 0 Å². The van der Waals surface area contributed by atoms with E-state index in [2.05, 4.69) is 52.5 Å². The monoisotopic (exact) mass is 377 g/mol. The predicted molar refractivity (Wildman–Crippen MR) is 110 cm³/mol. The molecule has 0 radical (unpaired) electrons. The fraction of sp³-hybridized carbons (Fsp3) is 0.409. The van der Waals surface area contributed by atoms with Crippen LogP contribution in [0.1, 0.15) is 36.1 Å². The second-order valence-corrected chi connectivity index (χ2v) is 7.61. The zero-order valence-electron chi connectivity index (χ0n) is 16.6. The van der Waals surface area contributed by atoms with Gasteiger partial charge in [-0.3, -0.25) is 9.69 Å². The summed E-state index contributed by atoms with van der Waals surface area (Å²) in [7, 11) is 0. The lowest BCUT2D eigenvalue weighted by Crippen LogP contribution is -2.25. The van der Waals surface area contributed by atoms with Crippen molar-refractivity contribution in [2.45, 2.75) is 39.3 Å². The van der Waals surface area contributed by atoms with Crippen molar-refractivity contribution in [1.29, 1.82) is 0 Å². The number of nitrogens with zero attached hydrogens (tertiary/aromatic N) is 4. The van der Waals surface area contributed by atoms with Gasteiger partial charge in [-0.15, -0.1) is 0 Å². The number of amides is 1. The summed E-state index contributed by atoms with van der Waals surface area (Å²) in [6.45, 7) is 7.99. The molecule has 1 aromatic carbocycles. The lowest BCUT2D eigenvalue weighted by molar-refractivity contribution is -0.118. The summed E-state index contributed by atoms with van der Waals surface area (Å²) in [5, 5.41) is 8.88. The quantitative estimate of drug-likeness (QED) is 0.717. The Labute approximate surface area is 165 Å². The summed E-state index contributed by atoms with van der Waals surface area (Å²) in [6, 6.07) is 12.7. The van der Waals surface area contributed by atoms with Crippen LogP contribution in [0.5, 0.6) is 0 Å². The molecule has 1 fully saturated rings. The highest BCUT2D eigenvalue weighted by molar-refractivity contribution is 5.79. The number of aryl methyl sites for hydroxylation is 1. The molecule has 1 amide bonds. The van der Waals surface area contributed by atoms with E-state index in [4.69, 9.17) is 5.10 Å². The zero-order chi connectivity index (χ0) is 19.5. The second-order valence-electron chi connectivity index (χ2n) is 7.61. The lowest BCUT2D eigenvalue weighted by atomic mass is 10.0. The molecule has 3 aromatic rings. The third-order valence-electron chi connectivity index (χ3n) is 5.55. The van der Waals surface area contributed by atoms with Crippen LogP contribution in [0.15, 0.2) is 42.6 Å². The molecular formula is C22H27N5O. The number of nitrogens with one attached hydrogen (secondary N) is 1. The third-order valence-corrected chi connectivity index (χ3v) is 5.55. The molecule has 0 bridgehead atoms. The summed E-state index contributed by atoms with van der Waals surface area (Å²) in [5.41, 5.74) is 4.79. The molecule has 0 spiro atoms. The van der Waals surface area contributed by atoms with Crippen LogP contribution < -0.4 is 5.32 Å². The van der Waals surface area contributed by atoms with E-state index in [1.807, 2.05) is 16.9 Å². The fourth-order valence-electron chi connectivity index (χ4n) is 4.06. The molecule has 0 aliphatic carbocycles. The number of carbonyl (C=O) groups excluding carboxylic acids is 1. The third kappa shape index (κ3) is 3.92. The highest BCUT2D eigenvalue weighted by Gasteiger charge is 2.28. The summed E-state index contributed by atoms with van der Waals surface area (Å²) >= 11 is 0. The Morgan fingerprint density at radius 1 is 1.25 bits per heavy atom. The topological polar surface area (TPSA) is 63.1 Å². The Balaban J connectivity index is 1.51. The average Bonchev–Trinajstić information content (AvgIpc) is 3.28. The van der Waals surface area contributed by atoms with Gasteiger partial charge in [0.05, 0.1) is 12.2 Å². The molecule has 4 rings (SSSR count). The van der Waals surface area contributed by atoms with Crippen LogP contribution in [0.25, 0.3) is 11.0 Å². The maximum absolute atomic E-state index is 11.2. The van der Waals surface area contributed by atoms with E-state index < -0.39 is 0 Å². The van der Waals surface area contributed by atoms with Crippen LogP contribution in [0.4, 0.5) is 0 Å². The molecular weight excluding hydrogens is 350 g/mol. The first-order valence-electron chi connectivity index (χ1n) is 9.94. The minimum absolute atomic E-state index is 0.0210. The Morgan fingerprint density at radius 2 is 2.11 bits per heavy atom. The first-order valence-corrected chi connectivity index (χ1v) is 9.94. The van der Waals surface area contributed by atoms with Crippen molar-refractivity contribution in [1.82, 2.24) is 25.0 Å². The first-order chi connectivity index (χ1) is 13.6. The minimum Gasteiger partial charge on any atom is -0.354 e. The summed E-state index contributed by atoms with van der Waals surface area (Å²) < 4.78 is 1.94. The van der Waals surface area contributed by atoms with Crippen LogP contribution in [0.2, 0.25) is 0 Å². The molecule has 1 N–H and O–H groups in total. The standard InChI is InChI=1S/C22H27N5O/c1-16-6-3-4-7-18(16)14-26-12-9-19(15-26)21-20-8-5-10-24-22(20)27(25-21)13-11-23-17(2)28/h3-8,10,19H,9,11-15H2,1-2H3,(H,23,28)/t19-/m1/s1. The van der Waals surface area contributed by atoms with Crippen molar-refractivity contribution < 1.29 is 4.79 Å². The van der Waals surface area contributed by atoms with E-state index >= 15 is 0 Å². The Morgan fingerprint density at radius 3 is 2.93 bits per heavy atom. The molecule has 6 nitrogen and oxygen atoms in total. The van der Waals surface area contributed by atoms with Gasteiger partial charge in [0, 0.05) is 44.1 Å². The van der Waals surface area contributed by atoms with Gasteiger partial charge in [-0.2, -0.15) is 5.10 Å². The van der Waals surface area contributed by atoms with E-state index in [1.165, 1.54) is 18.1 Å². The van der Waals surface area contributed by atoms with E-state index in [-0.39, 0.29) is 5.91 Å². The first kappa shape index (κ1) is 18.6. The van der Waals surface area contributed by atoms with Gasteiger partial charge in [-0.1, -0.05) is 24.3 Å². The number of rotatable bonds is 6. The van der Waals surface area contributed by atoms with Gasteiger partial charge in [0.2, 0.25) is 5.91 Å². The van der Waals surface area contributed by atoms with Crippen molar-refractivity contribution in [3.63, 3.8) is 0 Å². The SMILES string of the molecule is CC(=O)NCCn1nc([C@@H]2CCN(Cc3ccccc3C)C2)c2cccnc21. The van der Waals surface area contributed by atoms with Gasteiger partial charge < -0.3 is 5.32 Å². The maximum atomic E-state index is 11.2. The number of carbonyl (C=O) groups is 1. The Kier molecular flexibility index (Phi) is 5.39. The molecule has 1 saturated heterocycles. The molecule has 1 aliphatic heterocycles. The lowest BCUT2D eigenvalue weighted by Gasteiger charge is -2.17. The average molecular weight is 377 g/mol. The van der Waals surface area contributed by atoms with E-state index in [9.17, 15) is 4.79 Å². The highest BCUT2D eigenvalue weighted by atomic mass is 16.1. The van der Waals surface area contributed by atoms with E-state index in [0.29, 0.717) is 19.0 Å². The number of likely N-dealkylation sites (tertiary alicyclic amines) is 1. The van der Waals surface area contributed by atoms with Gasteiger partial charge in [0.25, 0.3) is 0 Å². The maximum Gasteiger partial charge on any atom is 0.216 e. The highest BCUT2D eigenvalue weighted by Crippen LogP contribution is 2.32. The van der Waals surface area contributed by atoms with Gasteiger partial charge in [0.1, 0.15) is 0 Å². The minimum atomic E-state index is -0.0210. The fourth-order valence-corrected chi connectivity index (χ4v) is 4.06. The molecule has 3 heterocycles. The van der Waals surface area contributed by atoms with Crippen LogP contribution in [-0.4, -0.2) is 45.2 Å². The van der Waals surface area contributed by atoms with Gasteiger partial charge in [0.15, 0.2) is 5.65 Å². The Hall–Kier alpha value is -2.73. The Bertz CT molecular complexity index is 980. The molecule has 6 heteroatoms. The number of hydrogen-bond acceptors (Lipinski definition) is 4. The number of hydrogen-bond donors (Lipinski definition) is 1. The summed E-state index contributed by atoms with van der Waals surface area (Å²) in [6.07, 6.45) is 2.92. The van der Waals surface area contributed by atoms with Crippen molar-refractivity contribution in [2.24, 2.45) is 0 Å². The number of pyridine rings is 1. The van der Waals surface area contributed by atoms with Gasteiger partial charge in [-0.05, 0) is 43.1 Å². The summed E-state index contributed by atoms with van der Waals surface area (Å²) in [4.78, 5) is 18.2. The van der Waals surface area contributed by atoms with Gasteiger partial charge in [-0.25, -0.2) is 9.67 Å². The van der Waals surface area contributed by atoms with Gasteiger partial charge >= 0.3 is 0 Å². The van der Waals surface area contributed by atoms with E-state index in [1.54, 1.807) is 0 Å². The number of fused-ring (bicyclic) bond motifs is 1.